The van der Waals surface area contributed by atoms with Crippen LogP contribution in [-0.2, 0) is 4.57 Å². The minimum absolute atomic E-state index is 0.0235. The fraction of sp³-hybridized carbons (Fsp3) is 0.654. The Morgan fingerprint density at radius 1 is 0.943 bits per heavy atom. The third kappa shape index (κ3) is 5.25. The Hall–Kier alpha value is -2.02. The van der Waals surface area contributed by atoms with Crippen LogP contribution in [0, 0.1) is 0 Å². The molecule has 3 aliphatic rings. The average molecular weight is 501 g/mol. The number of nitrogens with one attached hydrogen (secondary N) is 1. The summed E-state index contributed by atoms with van der Waals surface area (Å²) in [6.07, 6.45) is 14.5. The summed E-state index contributed by atoms with van der Waals surface area (Å²) in [4.78, 5) is 43.2. The van der Waals surface area contributed by atoms with Crippen LogP contribution in [0.5, 0.6) is 0 Å². The third-order valence-corrected chi connectivity index (χ3v) is 8.80. The van der Waals surface area contributed by atoms with Gasteiger partial charge in [-0.3, -0.25) is 24.1 Å². The molecule has 0 radical (unpaired) electrons. The van der Waals surface area contributed by atoms with Crippen molar-refractivity contribution in [2.24, 2.45) is 0 Å². The minimum Gasteiger partial charge on any atom is -0.329 e. The van der Waals surface area contributed by atoms with Crippen molar-refractivity contribution in [1.29, 1.82) is 0 Å². The summed E-state index contributed by atoms with van der Waals surface area (Å²) in [5.74, 6) is -0.894. The number of amides is 1. The van der Waals surface area contributed by atoms with E-state index in [0.29, 0.717) is 23.6 Å². The Balaban J connectivity index is 1.50. The molecule has 4 atom stereocenters. The highest BCUT2D eigenvalue weighted by Crippen LogP contribution is 2.42. The molecule has 1 aromatic heterocycles. The molecule has 1 amide bonds. The van der Waals surface area contributed by atoms with E-state index in [1.54, 1.807) is 10.6 Å². The number of para-hydroxylation sites is 2. The van der Waals surface area contributed by atoms with Gasteiger partial charge >= 0.3 is 0 Å². The summed E-state index contributed by atoms with van der Waals surface area (Å²) in [6, 6.07) is 8.90. The number of hydrogen-bond acceptors (Lipinski definition) is 5. The number of carbonyl (C=O) groups excluding carboxylic acids is 1. The average Bonchev–Trinajstić information content (AvgIpc) is 2.77. The summed E-state index contributed by atoms with van der Waals surface area (Å²) in [6.45, 7) is 1.04. The first-order valence-corrected chi connectivity index (χ1v) is 15.3. The number of benzene rings is 1. The van der Waals surface area contributed by atoms with Gasteiger partial charge in [0.25, 0.3) is 19.0 Å². The van der Waals surface area contributed by atoms with Crippen LogP contribution >= 0.6 is 7.52 Å². The van der Waals surface area contributed by atoms with Crippen LogP contribution in [0.4, 0.5) is 0 Å². The van der Waals surface area contributed by atoms with Gasteiger partial charge in [0.1, 0.15) is 0 Å². The lowest BCUT2D eigenvalue weighted by molar-refractivity contribution is -0.0247. The Labute approximate surface area is 206 Å². The van der Waals surface area contributed by atoms with E-state index in [1.165, 1.54) is 51.4 Å². The zero-order valence-electron chi connectivity index (χ0n) is 20.6. The summed E-state index contributed by atoms with van der Waals surface area (Å²) in [5, 5.41) is 2.06. The maximum atomic E-state index is 13.7. The molecule has 2 aliphatic heterocycles. The van der Waals surface area contributed by atoms with Crippen molar-refractivity contribution in [3.8, 4) is 0 Å². The lowest BCUT2D eigenvalue weighted by Gasteiger charge is -2.53. The predicted octanol–water partition coefficient (Wildman–Crippen LogP) is 4.61. The molecule has 1 aliphatic carbocycles. The van der Waals surface area contributed by atoms with Crippen LogP contribution in [-0.4, -0.2) is 50.0 Å². The van der Waals surface area contributed by atoms with Gasteiger partial charge in [-0.25, -0.2) is 4.98 Å². The number of carbonyl (C=O) groups is 1. The third-order valence-electron chi connectivity index (χ3n) is 8.19. The van der Waals surface area contributed by atoms with Gasteiger partial charge in [0.05, 0.1) is 11.0 Å². The van der Waals surface area contributed by atoms with Gasteiger partial charge in [0.15, 0.2) is 5.69 Å². The largest absolute Gasteiger partial charge is 0.329 e. The molecule has 1 aromatic carbocycles. The molecule has 9 heteroatoms. The maximum absolute atomic E-state index is 13.7. The fourth-order valence-electron chi connectivity index (χ4n) is 6.83. The van der Waals surface area contributed by atoms with E-state index in [4.69, 9.17) is 0 Å². The summed E-state index contributed by atoms with van der Waals surface area (Å²) >= 11 is 0. The van der Waals surface area contributed by atoms with Gasteiger partial charge in [-0.15, -0.1) is 0 Å². The zero-order valence-corrected chi connectivity index (χ0v) is 21.5. The van der Waals surface area contributed by atoms with Gasteiger partial charge in [0, 0.05) is 30.8 Å². The maximum Gasteiger partial charge on any atom is 0.290 e. The van der Waals surface area contributed by atoms with Crippen LogP contribution < -0.4 is 10.6 Å². The molecule has 3 fully saturated rings. The van der Waals surface area contributed by atoms with Crippen LogP contribution in [0.15, 0.2) is 29.1 Å². The normalized spacial score (nSPS) is 28.1. The van der Waals surface area contributed by atoms with Crippen molar-refractivity contribution in [3.05, 3.63) is 40.3 Å². The SMILES string of the molecule is CP(=O)(O)NC(=O)c1nc2ccccc2n(C2C[C@H]3CCC[C@@H](C2)N3C2CCCCCCC2)c1=O. The second-order valence-corrected chi connectivity index (χ2v) is 12.7. The number of aromatic nitrogens is 2. The fourth-order valence-corrected chi connectivity index (χ4v) is 7.32. The van der Waals surface area contributed by atoms with Crippen molar-refractivity contribution in [1.82, 2.24) is 19.5 Å². The molecule has 2 saturated heterocycles. The lowest BCUT2D eigenvalue weighted by Crippen LogP contribution is -2.57. The molecule has 2 N–H and O–H groups in total. The number of fused-ring (bicyclic) bond motifs is 3. The molecule has 1 saturated carbocycles. The first-order valence-electron chi connectivity index (χ1n) is 13.2. The lowest BCUT2D eigenvalue weighted by atomic mass is 9.79. The highest BCUT2D eigenvalue weighted by molar-refractivity contribution is 7.55. The second-order valence-electron chi connectivity index (χ2n) is 10.8. The number of nitrogens with zero attached hydrogens (tertiary/aromatic N) is 3. The van der Waals surface area contributed by atoms with E-state index in [9.17, 15) is 19.0 Å². The Bertz CT molecular complexity index is 1170. The zero-order chi connectivity index (χ0) is 24.6. The van der Waals surface area contributed by atoms with Crippen molar-refractivity contribution < 1.29 is 14.3 Å². The predicted molar refractivity (Wildman–Crippen MR) is 137 cm³/mol. The first-order chi connectivity index (χ1) is 16.8. The quantitative estimate of drug-likeness (QED) is 0.594. The smallest absolute Gasteiger partial charge is 0.290 e. The Morgan fingerprint density at radius 3 is 2.20 bits per heavy atom. The van der Waals surface area contributed by atoms with Gasteiger partial charge in [-0.1, -0.05) is 50.7 Å². The Morgan fingerprint density at radius 2 is 1.54 bits per heavy atom. The minimum atomic E-state index is -3.86. The molecule has 2 unspecified atom stereocenters. The van der Waals surface area contributed by atoms with Gasteiger partial charge in [-0.05, 0) is 50.7 Å². The highest BCUT2D eigenvalue weighted by atomic mass is 31.2. The van der Waals surface area contributed by atoms with E-state index in [1.807, 2.05) is 18.2 Å². The van der Waals surface area contributed by atoms with Crippen LogP contribution in [0.1, 0.15) is 93.6 Å². The molecule has 190 valence electrons. The van der Waals surface area contributed by atoms with Crippen molar-refractivity contribution in [2.45, 2.75) is 101 Å². The van der Waals surface area contributed by atoms with E-state index >= 15 is 0 Å². The van der Waals surface area contributed by atoms with E-state index in [-0.39, 0.29) is 11.7 Å². The Kier molecular flexibility index (Phi) is 7.16. The molecule has 2 aromatic rings. The molecule has 5 rings (SSSR count). The topological polar surface area (TPSA) is 105 Å². The molecular weight excluding hydrogens is 463 g/mol. The van der Waals surface area contributed by atoms with Gasteiger partial charge in [-0.2, -0.15) is 0 Å². The number of rotatable bonds is 4. The molecular formula is C26H37N4O4P. The summed E-state index contributed by atoms with van der Waals surface area (Å²) in [7, 11) is -3.86. The highest BCUT2D eigenvalue weighted by Gasteiger charge is 2.42. The first kappa shape index (κ1) is 24.7. The van der Waals surface area contributed by atoms with Crippen LogP contribution in [0.3, 0.4) is 0 Å². The molecule has 0 spiro atoms. The second kappa shape index (κ2) is 10.2. The number of piperidine rings is 2. The monoisotopic (exact) mass is 500 g/mol. The molecule has 2 bridgehead atoms. The van der Waals surface area contributed by atoms with Gasteiger partial charge < -0.3 is 9.46 Å². The molecule has 8 nitrogen and oxygen atoms in total. The van der Waals surface area contributed by atoms with Crippen molar-refractivity contribution in [3.63, 3.8) is 0 Å². The summed E-state index contributed by atoms with van der Waals surface area (Å²) in [5.41, 5.74) is 0.485. The van der Waals surface area contributed by atoms with Crippen LogP contribution in [0.2, 0.25) is 0 Å². The van der Waals surface area contributed by atoms with E-state index in [2.05, 4.69) is 15.0 Å². The van der Waals surface area contributed by atoms with E-state index < -0.39 is 19.0 Å². The van der Waals surface area contributed by atoms with Crippen molar-refractivity contribution >= 4 is 24.5 Å². The van der Waals surface area contributed by atoms with E-state index in [0.717, 1.165) is 37.9 Å². The molecule has 3 heterocycles. The standard InChI is InChI=1S/C26H37N4O4P/c1-35(33,34)28-25(31)24-26(32)30(23-15-8-7-14-22(23)27-24)21-16-19-12-9-13-20(17-21)29(19)18-10-5-3-2-4-6-11-18/h7-8,14-15,18-21H,2-6,9-13,16-17H2,1H3,(H2,28,31,33,34)/t19-,20+,21?. The molecule has 35 heavy (non-hydrogen) atoms. The number of hydrogen-bond donors (Lipinski definition) is 2. The van der Waals surface area contributed by atoms with Crippen molar-refractivity contribution in [2.75, 3.05) is 6.66 Å². The van der Waals surface area contributed by atoms with Crippen LogP contribution in [0.25, 0.3) is 11.0 Å². The van der Waals surface area contributed by atoms with Gasteiger partial charge in [0.2, 0.25) is 0 Å². The summed E-state index contributed by atoms with van der Waals surface area (Å²) < 4.78 is 13.6.